The number of benzene rings is 2. The second kappa shape index (κ2) is 4.63. The summed E-state index contributed by atoms with van der Waals surface area (Å²) in [5.74, 6) is -0.706. The third-order valence-electron chi connectivity index (χ3n) is 3.55. The third-order valence-corrected chi connectivity index (χ3v) is 3.55. The molecule has 2 N–H and O–H groups in total. The zero-order valence-corrected chi connectivity index (χ0v) is 11.8. The highest BCUT2D eigenvalue weighted by atomic mass is 16.2. The summed E-state index contributed by atoms with van der Waals surface area (Å²) >= 11 is 0. The molecule has 2 aromatic carbocycles. The highest BCUT2D eigenvalue weighted by Gasteiger charge is 2.38. The molecule has 0 aromatic heterocycles. The minimum Gasteiger partial charge on any atom is -0.398 e. The van der Waals surface area contributed by atoms with Gasteiger partial charge in [-0.2, -0.15) is 0 Å². The molecule has 21 heavy (non-hydrogen) atoms. The molecule has 2 aromatic rings. The first-order chi connectivity index (χ1) is 10.0. The fraction of sp³-hybridized carbons (Fsp3) is 0.125. The van der Waals surface area contributed by atoms with Crippen LogP contribution in [0.5, 0.6) is 0 Å². The third kappa shape index (κ3) is 1.94. The molecule has 0 bridgehead atoms. The van der Waals surface area contributed by atoms with Crippen LogP contribution >= 0.6 is 0 Å². The molecule has 106 valence electrons. The number of hydrogen-bond acceptors (Lipinski definition) is 4. The van der Waals surface area contributed by atoms with E-state index in [2.05, 4.69) is 0 Å². The van der Waals surface area contributed by atoms with E-state index < -0.39 is 0 Å². The summed E-state index contributed by atoms with van der Waals surface area (Å²) < 4.78 is 0. The van der Waals surface area contributed by atoms with Crippen LogP contribution in [0.25, 0.3) is 0 Å². The van der Waals surface area contributed by atoms with Gasteiger partial charge in [0.15, 0.2) is 0 Å². The van der Waals surface area contributed by atoms with Crippen LogP contribution < -0.4 is 15.5 Å². The summed E-state index contributed by atoms with van der Waals surface area (Å²) in [6.07, 6.45) is 0. The van der Waals surface area contributed by atoms with E-state index in [1.165, 1.54) is 4.90 Å². The molecule has 0 fully saturated rings. The minimum atomic E-state index is -0.371. The van der Waals surface area contributed by atoms with Crippen LogP contribution in [0.4, 0.5) is 17.1 Å². The SMILES string of the molecule is CN(C)c1cccc(N2C(=O)c3cccc(N)c3C2=O)c1. The van der Waals surface area contributed by atoms with Crippen molar-refractivity contribution < 1.29 is 9.59 Å². The Hall–Kier alpha value is -2.82. The molecule has 0 unspecified atom stereocenters. The maximum Gasteiger partial charge on any atom is 0.268 e. The fourth-order valence-corrected chi connectivity index (χ4v) is 2.46. The molecular weight excluding hydrogens is 266 g/mol. The molecule has 0 saturated carbocycles. The van der Waals surface area contributed by atoms with Crippen molar-refractivity contribution in [3.8, 4) is 0 Å². The van der Waals surface area contributed by atoms with Crippen molar-refractivity contribution in [2.75, 3.05) is 29.6 Å². The first kappa shape index (κ1) is 13.2. The number of amides is 2. The van der Waals surface area contributed by atoms with Crippen molar-refractivity contribution in [1.29, 1.82) is 0 Å². The van der Waals surface area contributed by atoms with Crippen molar-refractivity contribution >= 4 is 28.9 Å². The monoisotopic (exact) mass is 281 g/mol. The lowest BCUT2D eigenvalue weighted by atomic mass is 10.1. The normalized spacial score (nSPS) is 13.5. The van der Waals surface area contributed by atoms with E-state index in [4.69, 9.17) is 5.73 Å². The van der Waals surface area contributed by atoms with Gasteiger partial charge in [-0.25, -0.2) is 4.90 Å². The van der Waals surface area contributed by atoms with Gasteiger partial charge in [-0.3, -0.25) is 9.59 Å². The molecule has 0 atom stereocenters. The van der Waals surface area contributed by atoms with Crippen molar-refractivity contribution in [3.05, 3.63) is 53.6 Å². The van der Waals surface area contributed by atoms with Gasteiger partial charge >= 0.3 is 0 Å². The summed E-state index contributed by atoms with van der Waals surface area (Å²) in [6.45, 7) is 0. The molecule has 0 saturated heterocycles. The van der Waals surface area contributed by atoms with Crippen molar-refractivity contribution in [2.24, 2.45) is 0 Å². The van der Waals surface area contributed by atoms with Crippen LogP contribution in [0.15, 0.2) is 42.5 Å². The Kier molecular flexibility index (Phi) is 2.90. The van der Waals surface area contributed by atoms with Crippen LogP contribution in [0.1, 0.15) is 20.7 Å². The second-order valence-electron chi connectivity index (χ2n) is 5.13. The van der Waals surface area contributed by atoms with E-state index in [0.29, 0.717) is 16.9 Å². The molecule has 1 aliphatic rings. The van der Waals surface area contributed by atoms with Gasteiger partial charge in [-0.05, 0) is 30.3 Å². The van der Waals surface area contributed by atoms with Crippen LogP contribution in [0.3, 0.4) is 0 Å². The molecule has 0 radical (unpaired) electrons. The van der Waals surface area contributed by atoms with E-state index in [1.807, 2.05) is 31.1 Å². The van der Waals surface area contributed by atoms with E-state index in [-0.39, 0.29) is 17.4 Å². The predicted octanol–water partition coefficient (Wildman–Crippen LogP) is 2.14. The molecule has 0 aliphatic carbocycles. The molecule has 0 spiro atoms. The van der Waals surface area contributed by atoms with E-state index >= 15 is 0 Å². The van der Waals surface area contributed by atoms with Crippen LogP contribution in [0.2, 0.25) is 0 Å². The van der Waals surface area contributed by atoms with Crippen LogP contribution in [0, 0.1) is 0 Å². The van der Waals surface area contributed by atoms with Crippen LogP contribution in [-0.4, -0.2) is 25.9 Å². The molecule has 5 nitrogen and oxygen atoms in total. The Balaban J connectivity index is 2.10. The Morgan fingerprint density at radius 3 is 2.38 bits per heavy atom. The van der Waals surface area contributed by atoms with E-state index in [0.717, 1.165) is 5.69 Å². The maximum atomic E-state index is 12.5. The Labute approximate surface area is 122 Å². The first-order valence-electron chi connectivity index (χ1n) is 6.55. The maximum absolute atomic E-state index is 12.5. The van der Waals surface area contributed by atoms with Crippen molar-refractivity contribution in [3.63, 3.8) is 0 Å². The summed E-state index contributed by atoms with van der Waals surface area (Å²) in [5.41, 5.74) is 8.27. The molecule has 5 heteroatoms. The lowest BCUT2D eigenvalue weighted by Gasteiger charge is -2.18. The molecule has 1 aliphatic heterocycles. The number of nitrogens with zero attached hydrogens (tertiary/aromatic N) is 2. The fourth-order valence-electron chi connectivity index (χ4n) is 2.46. The van der Waals surface area contributed by atoms with Gasteiger partial charge in [0, 0.05) is 25.5 Å². The van der Waals surface area contributed by atoms with Crippen molar-refractivity contribution in [2.45, 2.75) is 0 Å². The topological polar surface area (TPSA) is 66.6 Å². The Morgan fingerprint density at radius 2 is 1.71 bits per heavy atom. The number of rotatable bonds is 2. The number of fused-ring (bicyclic) bond motifs is 1. The van der Waals surface area contributed by atoms with Gasteiger partial charge in [0.05, 0.1) is 16.8 Å². The number of nitrogens with two attached hydrogens (primary N) is 1. The smallest absolute Gasteiger partial charge is 0.268 e. The lowest BCUT2D eigenvalue weighted by Crippen LogP contribution is -2.29. The number of carbonyl (C=O) groups is 2. The highest BCUT2D eigenvalue weighted by Crippen LogP contribution is 2.32. The van der Waals surface area contributed by atoms with Gasteiger partial charge < -0.3 is 10.6 Å². The largest absolute Gasteiger partial charge is 0.398 e. The Morgan fingerprint density at radius 1 is 1.00 bits per heavy atom. The quantitative estimate of drug-likeness (QED) is 0.676. The number of imide groups is 1. The summed E-state index contributed by atoms with van der Waals surface area (Å²) in [6, 6.07) is 12.2. The van der Waals surface area contributed by atoms with Gasteiger partial charge in [0.2, 0.25) is 0 Å². The van der Waals surface area contributed by atoms with Crippen LogP contribution in [-0.2, 0) is 0 Å². The average Bonchev–Trinajstić information content (AvgIpc) is 2.72. The standard InChI is InChI=1S/C16H15N3O2/c1-18(2)10-5-3-6-11(9-10)19-15(20)12-7-4-8-13(17)14(12)16(19)21/h3-9H,17H2,1-2H3. The van der Waals surface area contributed by atoms with Gasteiger partial charge in [-0.15, -0.1) is 0 Å². The molecule has 1 heterocycles. The zero-order valence-electron chi connectivity index (χ0n) is 11.8. The summed E-state index contributed by atoms with van der Waals surface area (Å²) in [4.78, 5) is 28.1. The van der Waals surface area contributed by atoms with Gasteiger partial charge in [0.25, 0.3) is 11.8 Å². The lowest BCUT2D eigenvalue weighted by molar-refractivity contribution is 0.0926. The molecule has 2 amide bonds. The predicted molar refractivity (Wildman–Crippen MR) is 82.8 cm³/mol. The number of hydrogen-bond donors (Lipinski definition) is 1. The average molecular weight is 281 g/mol. The number of anilines is 3. The van der Waals surface area contributed by atoms with E-state index in [9.17, 15) is 9.59 Å². The minimum absolute atomic E-state index is 0.290. The second-order valence-corrected chi connectivity index (χ2v) is 5.13. The van der Waals surface area contributed by atoms with Gasteiger partial charge in [-0.1, -0.05) is 12.1 Å². The molecular formula is C16H15N3O2. The van der Waals surface area contributed by atoms with E-state index in [1.54, 1.807) is 30.3 Å². The Bertz CT molecular complexity index is 753. The van der Waals surface area contributed by atoms with Crippen molar-refractivity contribution in [1.82, 2.24) is 0 Å². The molecule has 3 rings (SSSR count). The first-order valence-corrected chi connectivity index (χ1v) is 6.55. The highest BCUT2D eigenvalue weighted by molar-refractivity contribution is 6.36. The summed E-state index contributed by atoms with van der Waals surface area (Å²) in [5, 5.41) is 0. The summed E-state index contributed by atoms with van der Waals surface area (Å²) in [7, 11) is 3.80. The number of nitrogen functional groups attached to an aromatic ring is 1. The number of carbonyl (C=O) groups excluding carboxylic acids is 2. The zero-order chi connectivity index (χ0) is 15.1. The van der Waals surface area contributed by atoms with Gasteiger partial charge in [0.1, 0.15) is 0 Å².